The molecule has 33 heavy (non-hydrogen) atoms. The van der Waals surface area contributed by atoms with E-state index < -0.39 is 0 Å². The van der Waals surface area contributed by atoms with Gasteiger partial charge in [-0.2, -0.15) is 0 Å². The molecule has 0 radical (unpaired) electrons. The van der Waals surface area contributed by atoms with Crippen molar-refractivity contribution in [3.63, 3.8) is 0 Å². The predicted molar refractivity (Wildman–Crippen MR) is 135 cm³/mol. The number of nitrogens with zero attached hydrogens (tertiary/aromatic N) is 4. The number of nitrogens with one attached hydrogen (secondary N) is 1. The molecule has 0 amide bonds. The highest BCUT2D eigenvalue weighted by Gasteiger charge is 2.33. The summed E-state index contributed by atoms with van der Waals surface area (Å²) in [7, 11) is 0. The van der Waals surface area contributed by atoms with Gasteiger partial charge in [0.15, 0.2) is 5.16 Å². The van der Waals surface area contributed by atoms with Crippen LogP contribution in [-0.2, 0) is 22.5 Å². The minimum absolute atomic E-state index is 0.0545. The van der Waals surface area contributed by atoms with Crippen LogP contribution >= 0.6 is 23.1 Å². The minimum Gasteiger partial charge on any atom is -0.394 e. The van der Waals surface area contributed by atoms with Gasteiger partial charge in [0.1, 0.15) is 16.5 Å². The highest BCUT2D eigenvalue weighted by Crippen LogP contribution is 2.44. The average Bonchev–Trinajstić information content (AvgIpc) is 3.20. The maximum Gasteiger partial charge on any atom is 0.189 e. The lowest BCUT2D eigenvalue weighted by atomic mass is 9.90. The quantitative estimate of drug-likeness (QED) is 0.396. The Morgan fingerprint density at radius 1 is 1.21 bits per heavy atom. The third-order valence-electron chi connectivity index (χ3n) is 6.39. The number of thiophene rings is 1. The second-order valence-corrected chi connectivity index (χ2v) is 10.9. The number of hydrogen-bond acceptors (Lipinski definition) is 10. The molecule has 3 aromatic rings. The van der Waals surface area contributed by atoms with E-state index in [0.717, 1.165) is 63.2 Å². The summed E-state index contributed by atoms with van der Waals surface area (Å²) in [5, 5.41) is 15.1. The first kappa shape index (κ1) is 23.0. The number of fused-ring (bicyclic) bond motifs is 5. The zero-order valence-corrected chi connectivity index (χ0v) is 21.2. The van der Waals surface area contributed by atoms with Crippen molar-refractivity contribution >= 4 is 55.2 Å². The van der Waals surface area contributed by atoms with E-state index in [4.69, 9.17) is 24.4 Å². The summed E-state index contributed by atoms with van der Waals surface area (Å²) >= 11 is 3.16. The summed E-state index contributed by atoms with van der Waals surface area (Å²) in [5.41, 5.74) is 3.15. The third kappa shape index (κ3) is 4.27. The molecule has 2 aliphatic rings. The van der Waals surface area contributed by atoms with Gasteiger partial charge in [0.05, 0.1) is 48.3 Å². The highest BCUT2D eigenvalue weighted by molar-refractivity contribution is 7.98. The first-order valence-electron chi connectivity index (χ1n) is 11.5. The van der Waals surface area contributed by atoms with Gasteiger partial charge >= 0.3 is 0 Å². The number of aromatic nitrogens is 3. The molecule has 1 atom stereocenters. The fraction of sp³-hybridized carbons (Fsp3) is 0.609. The lowest BCUT2D eigenvalue weighted by Gasteiger charge is -2.36. The van der Waals surface area contributed by atoms with Crippen molar-refractivity contribution in [2.45, 2.75) is 57.0 Å². The summed E-state index contributed by atoms with van der Waals surface area (Å²) in [6.45, 7) is 10.0. The zero-order chi connectivity index (χ0) is 23.2. The van der Waals surface area contributed by atoms with E-state index in [2.05, 4.69) is 31.0 Å². The Kier molecular flexibility index (Phi) is 6.39. The molecule has 2 N–H and O–H groups in total. The first-order valence-corrected chi connectivity index (χ1v) is 13.5. The number of thioether (sulfide) groups is 1. The van der Waals surface area contributed by atoms with E-state index in [1.54, 1.807) is 11.3 Å². The van der Waals surface area contributed by atoms with Crippen LogP contribution in [0.1, 0.15) is 38.3 Å². The smallest absolute Gasteiger partial charge is 0.189 e. The largest absolute Gasteiger partial charge is 0.394 e. The summed E-state index contributed by atoms with van der Waals surface area (Å²) < 4.78 is 12.8. The molecule has 1 fully saturated rings. The molecular formula is C23H31N5O3S2. The van der Waals surface area contributed by atoms with Crippen LogP contribution in [-0.4, -0.2) is 70.9 Å². The molecule has 1 unspecified atom stereocenters. The molecule has 0 spiro atoms. The summed E-state index contributed by atoms with van der Waals surface area (Å²) in [5.74, 6) is 1.79. The number of rotatable bonds is 6. The Bertz CT molecular complexity index is 1170. The van der Waals surface area contributed by atoms with Crippen molar-refractivity contribution in [1.82, 2.24) is 15.0 Å². The second kappa shape index (κ2) is 9.14. The lowest BCUT2D eigenvalue weighted by Crippen LogP contribution is -2.39. The van der Waals surface area contributed by atoms with Crippen molar-refractivity contribution in [2.24, 2.45) is 0 Å². The Hall–Kier alpha value is -1.72. The van der Waals surface area contributed by atoms with Gasteiger partial charge in [0, 0.05) is 30.5 Å². The standard InChI is InChI=1S/C23H31N5O3S2/c1-5-13(11-29)24-19-18-17(25-22(26-19)32-4)16-14-10-23(2,3)31-12-15(14)20(27-21(16)33-18)28-6-8-30-9-7-28/h13,29H,5-12H2,1-4H3,(H,24,25,26). The number of morpholine rings is 1. The van der Waals surface area contributed by atoms with Crippen molar-refractivity contribution in [1.29, 1.82) is 0 Å². The van der Waals surface area contributed by atoms with Crippen LogP contribution in [0.5, 0.6) is 0 Å². The van der Waals surface area contributed by atoms with E-state index in [-0.39, 0.29) is 18.2 Å². The Morgan fingerprint density at radius 2 is 2.00 bits per heavy atom. The molecule has 0 aromatic carbocycles. The maximum absolute atomic E-state index is 9.77. The molecule has 8 nitrogen and oxygen atoms in total. The van der Waals surface area contributed by atoms with Crippen molar-refractivity contribution in [3.8, 4) is 0 Å². The van der Waals surface area contributed by atoms with Crippen LogP contribution in [0.15, 0.2) is 5.16 Å². The van der Waals surface area contributed by atoms with Crippen molar-refractivity contribution in [3.05, 3.63) is 11.1 Å². The Labute approximate surface area is 202 Å². The predicted octanol–water partition coefficient (Wildman–Crippen LogP) is 3.83. The number of aliphatic hydroxyl groups is 1. The average molecular weight is 490 g/mol. The van der Waals surface area contributed by atoms with Crippen molar-refractivity contribution in [2.75, 3.05) is 49.4 Å². The molecule has 10 heteroatoms. The molecule has 2 aliphatic heterocycles. The Morgan fingerprint density at radius 3 is 2.70 bits per heavy atom. The molecule has 3 aromatic heterocycles. The normalized spacial score (nSPS) is 19.1. The highest BCUT2D eigenvalue weighted by atomic mass is 32.2. The summed E-state index contributed by atoms with van der Waals surface area (Å²) in [4.78, 5) is 18.2. The van der Waals surface area contributed by atoms with Crippen LogP contribution in [0.4, 0.5) is 11.6 Å². The van der Waals surface area contributed by atoms with Gasteiger partial charge in [0.2, 0.25) is 0 Å². The van der Waals surface area contributed by atoms with Gasteiger partial charge in [-0.05, 0) is 32.1 Å². The van der Waals surface area contributed by atoms with Gasteiger partial charge in [-0.15, -0.1) is 11.3 Å². The van der Waals surface area contributed by atoms with Gasteiger partial charge < -0.3 is 24.8 Å². The van der Waals surface area contributed by atoms with Crippen LogP contribution in [0, 0.1) is 0 Å². The van der Waals surface area contributed by atoms with E-state index in [1.165, 1.54) is 22.9 Å². The third-order valence-corrected chi connectivity index (χ3v) is 8.02. The van der Waals surface area contributed by atoms with E-state index in [9.17, 15) is 5.11 Å². The topological polar surface area (TPSA) is 92.6 Å². The lowest BCUT2D eigenvalue weighted by molar-refractivity contribution is -0.0396. The Balaban J connectivity index is 1.77. The van der Waals surface area contributed by atoms with Crippen LogP contribution < -0.4 is 10.2 Å². The number of hydrogen-bond donors (Lipinski definition) is 2. The van der Waals surface area contributed by atoms with E-state index in [1.807, 2.05) is 6.26 Å². The van der Waals surface area contributed by atoms with Gasteiger partial charge in [0.25, 0.3) is 0 Å². The zero-order valence-electron chi connectivity index (χ0n) is 19.6. The molecule has 5 heterocycles. The molecular weight excluding hydrogens is 458 g/mol. The van der Waals surface area contributed by atoms with Crippen LogP contribution in [0.25, 0.3) is 20.4 Å². The van der Waals surface area contributed by atoms with Crippen molar-refractivity contribution < 1.29 is 14.6 Å². The van der Waals surface area contributed by atoms with Crippen LogP contribution in [0.2, 0.25) is 0 Å². The first-order chi connectivity index (χ1) is 15.9. The minimum atomic E-state index is -0.252. The fourth-order valence-corrected chi connectivity index (χ4v) is 5.99. The maximum atomic E-state index is 9.77. The number of aliphatic hydroxyl groups excluding tert-OH is 1. The van der Waals surface area contributed by atoms with Gasteiger partial charge in [-0.3, -0.25) is 0 Å². The van der Waals surface area contributed by atoms with E-state index in [0.29, 0.717) is 19.8 Å². The van der Waals surface area contributed by atoms with Gasteiger partial charge in [-0.1, -0.05) is 18.7 Å². The number of pyridine rings is 1. The second-order valence-electron chi connectivity index (χ2n) is 9.17. The molecule has 178 valence electrons. The molecule has 0 saturated carbocycles. The van der Waals surface area contributed by atoms with Gasteiger partial charge in [-0.25, -0.2) is 15.0 Å². The SMILES string of the molecule is CCC(CO)Nc1nc(SC)nc2c1sc1nc(N3CCOCC3)c3c(c12)CC(C)(C)OC3. The molecule has 0 bridgehead atoms. The monoisotopic (exact) mass is 489 g/mol. The molecule has 5 rings (SSSR count). The summed E-state index contributed by atoms with van der Waals surface area (Å²) in [6, 6.07) is -0.0545. The van der Waals surface area contributed by atoms with E-state index >= 15 is 0 Å². The summed E-state index contributed by atoms with van der Waals surface area (Å²) in [6.07, 6.45) is 3.60. The number of ether oxygens (including phenoxy) is 2. The fourth-order valence-electron chi connectivity index (χ4n) is 4.53. The molecule has 0 aliphatic carbocycles. The number of anilines is 2. The molecule has 1 saturated heterocycles. The van der Waals surface area contributed by atoms with Crippen LogP contribution in [0.3, 0.4) is 0 Å².